The summed E-state index contributed by atoms with van der Waals surface area (Å²) >= 11 is 0. The molecule has 1 heterocycles. The van der Waals surface area contributed by atoms with Gasteiger partial charge in [-0.3, -0.25) is 4.90 Å². The summed E-state index contributed by atoms with van der Waals surface area (Å²) in [6.07, 6.45) is 4.29. The normalized spacial score (nSPS) is 35.6. The van der Waals surface area contributed by atoms with Gasteiger partial charge in [-0.25, -0.2) is 0 Å². The van der Waals surface area contributed by atoms with E-state index in [0.29, 0.717) is 11.5 Å². The molecule has 1 N–H and O–H groups in total. The summed E-state index contributed by atoms with van der Waals surface area (Å²) in [5.74, 6) is 1.86. The zero-order valence-electron chi connectivity index (χ0n) is 13.4. The van der Waals surface area contributed by atoms with Crippen LogP contribution in [-0.4, -0.2) is 30.6 Å². The van der Waals surface area contributed by atoms with Crippen LogP contribution in [0, 0.1) is 17.3 Å². The van der Waals surface area contributed by atoms with E-state index in [2.05, 4.69) is 54.4 Å². The highest BCUT2D eigenvalue weighted by Gasteiger charge is 2.48. The zero-order valence-corrected chi connectivity index (χ0v) is 13.4. The van der Waals surface area contributed by atoms with Gasteiger partial charge in [0.2, 0.25) is 0 Å². The molecule has 2 aliphatic carbocycles. The van der Waals surface area contributed by atoms with Crippen LogP contribution >= 0.6 is 0 Å². The lowest BCUT2D eigenvalue weighted by Crippen LogP contribution is -2.53. The molecule has 0 spiro atoms. The number of rotatable bonds is 4. The number of nitrogens with one attached hydrogen (secondary N) is 1. The van der Waals surface area contributed by atoms with Crippen molar-refractivity contribution in [3.8, 4) is 0 Å². The van der Waals surface area contributed by atoms with E-state index < -0.39 is 0 Å². The lowest BCUT2D eigenvalue weighted by Gasteiger charge is -2.41. The molecule has 3 fully saturated rings. The maximum Gasteiger partial charge on any atom is 0.0473 e. The van der Waals surface area contributed by atoms with Crippen molar-refractivity contribution in [1.82, 2.24) is 10.2 Å². The van der Waals surface area contributed by atoms with Crippen molar-refractivity contribution in [1.29, 1.82) is 0 Å². The minimum atomic E-state index is 0.567. The molecule has 114 valence electrons. The fourth-order valence-electron chi connectivity index (χ4n) is 4.03. The minimum Gasteiger partial charge on any atom is -0.311 e. The van der Waals surface area contributed by atoms with E-state index in [0.717, 1.165) is 24.4 Å². The van der Waals surface area contributed by atoms with Crippen LogP contribution in [0.5, 0.6) is 0 Å². The van der Waals surface area contributed by atoms with E-state index in [1.165, 1.54) is 37.9 Å². The SMILES string of the molecule is CC1(C)CC1CN1CC(C2CC2)NCC1c1ccccc1. The molecule has 1 saturated heterocycles. The molecule has 2 saturated carbocycles. The zero-order chi connectivity index (χ0) is 14.4. The van der Waals surface area contributed by atoms with Crippen LogP contribution in [0.15, 0.2) is 30.3 Å². The fraction of sp³-hybridized carbons (Fsp3) is 0.684. The Kier molecular flexibility index (Phi) is 3.35. The lowest BCUT2D eigenvalue weighted by molar-refractivity contribution is 0.112. The number of hydrogen-bond donors (Lipinski definition) is 1. The molecule has 4 rings (SSSR count). The average Bonchev–Trinajstić information content (AvgIpc) is 3.39. The van der Waals surface area contributed by atoms with Crippen molar-refractivity contribution in [2.24, 2.45) is 17.3 Å². The van der Waals surface area contributed by atoms with E-state index in [9.17, 15) is 0 Å². The van der Waals surface area contributed by atoms with E-state index in [1.54, 1.807) is 0 Å². The Morgan fingerprint density at radius 3 is 2.52 bits per heavy atom. The van der Waals surface area contributed by atoms with Gasteiger partial charge in [0.15, 0.2) is 0 Å². The lowest BCUT2D eigenvalue weighted by atomic mass is 9.98. The van der Waals surface area contributed by atoms with Crippen molar-refractivity contribution in [3.63, 3.8) is 0 Å². The Morgan fingerprint density at radius 2 is 1.90 bits per heavy atom. The molecular weight excluding hydrogens is 256 g/mol. The molecule has 1 aromatic rings. The number of hydrogen-bond acceptors (Lipinski definition) is 2. The number of nitrogens with zero attached hydrogens (tertiary/aromatic N) is 1. The molecule has 0 amide bonds. The van der Waals surface area contributed by atoms with Gasteiger partial charge in [0.1, 0.15) is 0 Å². The van der Waals surface area contributed by atoms with Crippen molar-refractivity contribution in [3.05, 3.63) is 35.9 Å². The van der Waals surface area contributed by atoms with Crippen LogP contribution in [0.3, 0.4) is 0 Å². The summed E-state index contributed by atoms with van der Waals surface area (Å²) in [5, 5.41) is 3.83. The third kappa shape index (κ3) is 2.89. The van der Waals surface area contributed by atoms with Crippen molar-refractivity contribution in [2.75, 3.05) is 19.6 Å². The van der Waals surface area contributed by atoms with Gasteiger partial charge in [-0.1, -0.05) is 44.2 Å². The van der Waals surface area contributed by atoms with Crippen molar-refractivity contribution in [2.45, 2.75) is 45.2 Å². The summed E-state index contributed by atoms with van der Waals surface area (Å²) in [5.41, 5.74) is 2.07. The van der Waals surface area contributed by atoms with Gasteiger partial charge < -0.3 is 5.32 Å². The van der Waals surface area contributed by atoms with Crippen LogP contribution in [0.1, 0.15) is 44.7 Å². The second-order valence-corrected chi connectivity index (χ2v) is 8.12. The Balaban J connectivity index is 1.50. The molecule has 0 bridgehead atoms. The Bertz CT molecular complexity index is 490. The molecule has 0 radical (unpaired) electrons. The van der Waals surface area contributed by atoms with Gasteiger partial charge >= 0.3 is 0 Å². The van der Waals surface area contributed by atoms with Crippen LogP contribution in [0.2, 0.25) is 0 Å². The molecule has 21 heavy (non-hydrogen) atoms. The van der Waals surface area contributed by atoms with Crippen LogP contribution in [0.25, 0.3) is 0 Å². The van der Waals surface area contributed by atoms with E-state index in [1.807, 2.05) is 0 Å². The summed E-state index contributed by atoms with van der Waals surface area (Å²) in [6, 6.07) is 12.4. The van der Waals surface area contributed by atoms with Crippen LogP contribution in [-0.2, 0) is 0 Å². The largest absolute Gasteiger partial charge is 0.311 e. The highest BCUT2D eigenvalue weighted by atomic mass is 15.2. The second kappa shape index (κ2) is 5.10. The Hall–Kier alpha value is -0.860. The maximum atomic E-state index is 3.83. The smallest absolute Gasteiger partial charge is 0.0473 e. The third-order valence-electron chi connectivity index (χ3n) is 5.99. The topological polar surface area (TPSA) is 15.3 Å². The van der Waals surface area contributed by atoms with Gasteiger partial charge in [0, 0.05) is 31.7 Å². The van der Waals surface area contributed by atoms with Gasteiger partial charge in [0.05, 0.1) is 0 Å². The summed E-state index contributed by atoms with van der Waals surface area (Å²) in [7, 11) is 0. The molecule has 3 unspecified atom stereocenters. The standard InChI is InChI=1S/C19H28N2/c1-19(2)10-16(19)12-21-13-17(14-8-9-14)20-11-18(21)15-6-4-3-5-7-15/h3-7,14,16-18,20H,8-13H2,1-2H3. The molecule has 1 aromatic carbocycles. The molecule has 0 aromatic heterocycles. The van der Waals surface area contributed by atoms with E-state index in [-0.39, 0.29) is 0 Å². The molecule has 2 heteroatoms. The first-order chi connectivity index (χ1) is 10.1. The summed E-state index contributed by atoms with van der Waals surface area (Å²) < 4.78 is 0. The first-order valence-corrected chi connectivity index (χ1v) is 8.66. The van der Waals surface area contributed by atoms with Gasteiger partial charge in [0.25, 0.3) is 0 Å². The average molecular weight is 284 g/mol. The van der Waals surface area contributed by atoms with Crippen LogP contribution in [0.4, 0.5) is 0 Å². The predicted octanol–water partition coefficient (Wildman–Crippen LogP) is 3.46. The maximum absolute atomic E-state index is 3.83. The van der Waals surface area contributed by atoms with E-state index >= 15 is 0 Å². The predicted molar refractivity (Wildman–Crippen MR) is 87.2 cm³/mol. The highest BCUT2D eigenvalue weighted by Crippen LogP contribution is 2.52. The van der Waals surface area contributed by atoms with Crippen molar-refractivity contribution >= 4 is 0 Å². The Labute approximate surface area is 128 Å². The number of benzene rings is 1. The minimum absolute atomic E-state index is 0.567. The molecule has 3 atom stereocenters. The summed E-state index contributed by atoms with van der Waals surface area (Å²) in [4.78, 5) is 2.79. The van der Waals surface area contributed by atoms with Gasteiger partial charge in [-0.15, -0.1) is 0 Å². The van der Waals surface area contributed by atoms with E-state index in [4.69, 9.17) is 0 Å². The number of piperazine rings is 1. The molecule has 1 aliphatic heterocycles. The van der Waals surface area contributed by atoms with Crippen LogP contribution < -0.4 is 5.32 Å². The quantitative estimate of drug-likeness (QED) is 0.911. The first kappa shape index (κ1) is 13.8. The fourth-order valence-corrected chi connectivity index (χ4v) is 4.03. The van der Waals surface area contributed by atoms with Gasteiger partial charge in [-0.2, -0.15) is 0 Å². The third-order valence-corrected chi connectivity index (χ3v) is 5.99. The Morgan fingerprint density at radius 1 is 1.19 bits per heavy atom. The summed E-state index contributed by atoms with van der Waals surface area (Å²) in [6.45, 7) is 8.51. The highest BCUT2D eigenvalue weighted by molar-refractivity contribution is 5.21. The monoisotopic (exact) mass is 284 g/mol. The molecular formula is C19H28N2. The first-order valence-electron chi connectivity index (χ1n) is 8.66. The second-order valence-electron chi connectivity index (χ2n) is 8.12. The van der Waals surface area contributed by atoms with Gasteiger partial charge in [-0.05, 0) is 42.1 Å². The molecule has 3 aliphatic rings. The molecule has 2 nitrogen and oxygen atoms in total. The van der Waals surface area contributed by atoms with Crippen molar-refractivity contribution < 1.29 is 0 Å².